The largest absolute Gasteiger partial charge is 0.490 e. The summed E-state index contributed by atoms with van der Waals surface area (Å²) >= 11 is 6.09. The molecule has 1 fully saturated rings. The van der Waals surface area contributed by atoms with Crippen LogP contribution in [-0.2, 0) is 0 Å². The summed E-state index contributed by atoms with van der Waals surface area (Å²) < 4.78 is 5.87. The van der Waals surface area contributed by atoms with Crippen LogP contribution >= 0.6 is 11.6 Å². The van der Waals surface area contributed by atoms with Gasteiger partial charge in [0.05, 0.1) is 0 Å². The van der Waals surface area contributed by atoms with Crippen molar-refractivity contribution in [3.8, 4) is 5.75 Å². The molecule has 140 valence electrons. The molecule has 1 N–H and O–H groups in total. The first-order valence-corrected chi connectivity index (χ1v) is 9.50. The van der Waals surface area contributed by atoms with Gasteiger partial charge in [-0.05, 0) is 43.2 Å². The first kappa shape index (κ1) is 19.0. The molecule has 3 rings (SSSR count). The lowest BCUT2D eigenvalue weighted by Crippen LogP contribution is -2.49. The summed E-state index contributed by atoms with van der Waals surface area (Å²) in [6.45, 7) is 8.73. The van der Waals surface area contributed by atoms with Crippen LogP contribution in [0.3, 0.4) is 0 Å². The molecule has 1 aliphatic heterocycles. The maximum Gasteiger partial charge on any atom is 0.125 e. The maximum absolute atomic E-state index is 10.4. The third-order valence-corrected chi connectivity index (χ3v) is 5.08. The molecule has 0 saturated carbocycles. The van der Waals surface area contributed by atoms with Gasteiger partial charge < -0.3 is 14.7 Å². The summed E-state index contributed by atoms with van der Waals surface area (Å²) in [5, 5.41) is 11.1. The van der Waals surface area contributed by atoms with Crippen LogP contribution in [0.2, 0.25) is 5.02 Å². The lowest BCUT2D eigenvalue weighted by atomic mass is 10.1. The molecule has 0 aromatic heterocycles. The van der Waals surface area contributed by atoms with Gasteiger partial charge >= 0.3 is 0 Å². The zero-order valence-electron chi connectivity index (χ0n) is 15.5. The van der Waals surface area contributed by atoms with Crippen LogP contribution in [0.1, 0.15) is 11.1 Å². The van der Waals surface area contributed by atoms with E-state index in [0.29, 0.717) is 13.2 Å². The average Bonchev–Trinajstić information content (AvgIpc) is 2.62. The van der Waals surface area contributed by atoms with Crippen LogP contribution in [0.5, 0.6) is 5.75 Å². The number of hydrogen-bond donors (Lipinski definition) is 1. The molecule has 26 heavy (non-hydrogen) atoms. The fourth-order valence-electron chi connectivity index (χ4n) is 3.42. The number of para-hydroxylation sites is 1. The van der Waals surface area contributed by atoms with Crippen molar-refractivity contribution < 1.29 is 9.84 Å². The van der Waals surface area contributed by atoms with Gasteiger partial charge in [0, 0.05) is 43.4 Å². The van der Waals surface area contributed by atoms with Crippen molar-refractivity contribution in [3.05, 3.63) is 58.6 Å². The molecular weight excluding hydrogens is 348 g/mol. The van der Waals surface area contributed by atoms with Crippen molar-refractivity contribution in [2.75, 3.05) is 44.2 Å². The van der Waals surface area contributed by atoms with Crippen molar-refractivity contribution >= 4 is 17.3 Å². The number of piperazine rings is 1. The van der Waals surface area contributed by atoms with Gasteiger partial charge in [-0.3, -0.25) is 4.90 Å². The Kier molecular flexibility index (Phi) is 6.41. The highest BCUT2D eigenvalue weighted by atomic mass is 35.5. The third kappa shape index (κ3) is 4.91. The van der Waals surface area contributed by atoms with Gasteiger partial charge in [-0.1, -0.05) is 35.9 Å². The Labute approximate surface area is 160 Å². The van der Waals surface area contributed by atoms with E-state index in [1.165, 1.54) is 0 Å². The molecule has 4 nitrogen and oxygen atoms in total. The summed E-state index contributed by atoms with van der Waals surface area (Å²) in [5.74, 6) is 0.886. The van der Waals surface area contributed by atoms with E-state index in [1.54, 1.807) is 0 Å². The number of hydrogen-bond acceptors (Lipinski definition) is 4. The lowest BCUT2D eigenvalue weighted by molar-refractivity contribution is 0.0658. The third-order valence-electron chi connectivity index (χ3n) is 4.84. The van der Waals surface area contributed by atoms with E-state index < -0.39 is 6.10 Å². The molecule has 1 aliphatic rings. The van der Waals surface area contributed by atoms with E-state index in [9.17, 15) is 5.11 Å². The Morgan fingerprint density at radius 2 is 1.69 bits per heavy atom. The van der Waals surface area contributed by atoms with E-state index in [2.05, 4.69) is 15.9 Å². The molecule has 5 heteroatoms. The van der Waals surface area contributed by atoms with Crippen molar-refractivity contribution in [3.63, 3.8) is 0 Å². The lowest BCUT2D eigenvalue weighted by Gasteiger charge is -2.37. The predicted octanol–water partition coefficient (Wildman–Crippen LogP) is 3.52. The van der Waals surface area contributed by atoms with Crippen LogP contribution in [0.25, 0.3) is 0 Å². The van der Waals surface area contributed by atoms with Crippen molar-refractivity contribution in [1.82, 2.24) is 4.90 Å². The van der Waals surface area contributed by atoms with E-state index in [4.69, 9.17) is 16.3 Å². The quantitative estimate of drug-likeness (QED) is 0.839. The monoisotopic (exact) mass is 374 g/mol. The smallest absolute Gasteiger partial charge is 0.125 e. The molecule has 0 spiro atoms. The molecule has 2 aromatic carbocycles. The van der Waals surface area contributed by atoms with Gasteiger partial charge in [0.2, 0.25) is 0 Å². The molecule has 1 atom stereocenters. The van der Waals surface area contributed by atoms with Crippen molar-refractivity contribution in [2.24, 2.45) is 0 Å². The minimum atomic E-state index is -0.494. The number of anilines is 1. The van der Waals surface area contributed by atoms with Crippen LogP contribution < -0.4 is 9.64 Å². The second kappa shape index (κ2) is 8.76. The fraction of sp³-hybridized carbons (Fsp3) is 0.429. The van der Waals surface area contributed by atoms with Gasteiger partial charge in [-0.25, -0.2) is 0 Å². The first-order chi connectivity index (χ1) is 12.5. The highest BCUT2D eigenvalue weighted by Gasteiger charge is 2.20. The van der Waals surface area contributed by atoms with E-state index in [0.717, 1.165) is 53.8 Å². The van der Waals surface area contributed by atoms with Gasteiger partial charge in [0.1, 0.15) is 18.5 Å². The topological polar surface area (TPSA) is 35.9 Å². The van der Waals surface area contributed by atoms with Gasteiger partial charge in [-0.2, -0.15) is 0 Å². The molecule has 0 unspecified atom stereocenters. The number of rotatable bonds is 6. The van der Waals surface area contributed by atoms with Crippen LogP contribution in [0.15, 0.2) is 42.5 Å². The number of halogens is 1. The summed E-state index contributed by atoms with van der Waals surface area (Å²) in [6, 6.07) is 14.1. The zero-order valence-corrected chi connectivity index (χ0v) is 16.2. The molecule has 1 heterocycles. The van der Waals surface area contributed by atoms with E-state index in [1.807, 2.05) is 50.2 Å². The standard InChI is InChI=1S/C21H27ClN2O2/c1-16-5-3-6-17(2)21(16)26-15-20(25)14-23-9-11-24(12-10-23)19-8-4-7-18(22)13-19/h3-8,13,20,25H,9-12,14-15H2,1-2H3/t20-/m0/s1. The van der Waals surface area contributed by atoms with Crippen LogP contribution in [-0.4, -0.2) is 55.4 Å². The first-order valence-electron chi connectivity index (χ1n) is 9.13. The molecule has 0 aliphatic carbocycles. The van der Waals surface area contributed by atoms with E-state index >= 15 is 0 Å². The Bertz CT molecular complexity index is 709. The van der Waals surface area contributed by atoms with Crippen LogP contribution in [0, 0.1) is 13.8 Å². The van der Waals surface area contributed by atoms with Crippen LogP contribution in [0.4, 0.5) is 5.69 Å². The Hall–Kier alpha value is -1.75. The molecule has 0 bridgehead atoms. The SMILES string of the molecule is Cc1cccc(C)c1OC[C@@H](O)CN1CCN(c2cccc(Cl)c2)CC1. The molecule has 1 saturated heterocycles. The average molecular weight is 375 g/mol. The highest BCUT2D eigenvalue weighted by Crippen LogP contribution is 2.23. The summed E-state index contributed by atoms with van der Waals surface area (Å²) in [6.07, 6.45) is -0.494. The Morgan fingerprint density at radius 1 is 1.04 bits per heavy atom. The Morgan fingerprint density at radius 3 is 2.35 bits per heavy atom. The normalized spacial score (nSPS) is 16.5. The number of aliphatic hydroxyl groups excluding tert-OH is 1. The molecule has 2 aromatic rings. The maximum atomic E-state index is 10.4. The van der Waals surface area contributed by atoms with E-state index in [-0.39, 0.29) is 0 Å². The van der Waals surface area contributed by atoms with Crippen molar-refractivity contribution in [1.29, 1.82) is 0 Å². The summed E-state index contributed by atoms with van der Waals surface area (Å²) in [7, 11) is 0. The number of aryl methyl sites for hydroxylation is 2. The second-order valence-corrected chi connectivity index (χ2v) is 7.39. The number of ether oxygens (including phenoxy) is 1. The predicted molar refractivity (Wildman–Crippen MR) is 108 cm³/mol. The van der Waals surface area contributed by atoms with Crippen molar-refractivity contribution in [2.45, 2.75) is 20.0 Å². The number of aliphatic hydroxyl groups is 1. The molecule has 0 radical (unpaired) electrons. The Balaban J connectivity index is 1.45. The summed E-state index contributed by atoms with van der Waals surface area (Å²) in [5.41, 5.74) is 3.37. The number of β-amino-alcohol motifs (C(OH)–C–C–N with tert-alkyl or cyclic N) is 1. The zero-order chi connectivity index (χ0) is 18.5. The van der Waals surface area contributed by atoms with Gasteiger partial charge in [0.25, 0.3) is 0 Å². The highest BCUT2D eigenvalue weighted by molar-refractivity contribution is 6.30. The molecule has 0 amide bonds. The number of benzene rings is 2. The fourth-order valence-corrected chi connectivity index (χ4v) is 3.60. The number of nitrogens with zero attached hydrogens (tertiary/aromatic N) is 2. The minimum Gasteiger partial charge on any atom is -0.490 e. The second-order valence-electron chi connectivity index (χ2n) is 6.95. The van der Waals surface area contributed by atoms with Gasteiger partial charge in [0.15, 0.2) is 0 Å². The minimum absolute atomic E-state index is 0.320. The van der Waals surface area contributed by atoms with Gasteiger partial charge in [-0.15, -0.1) is 0 Å². The summed E-state index contributed by atoms with van der Waals surface area (Å²) in [4.78, 5) is 4.63. The molecular formula is C21H27ClN2O2.